The van der Waals surface area contributed by atoms with Crippen molar-refractivity contribution in [1.29, 1.82) is 10.5 Å². The topological polar surface area (TPSA) is 117 Å². The number of nitrogens with zero attached hydrogens (tertiary/aromatic N) is 5. The molecule has 3 rings (SSSR count). The van der Waals surface area contributed by atoms with Gasteiger partial charge >= 0.3 is 0 Å². The first-order valence-corrected chi connectivity index (χ1v) is 10.4. The maximum Gasteiger partial charge on any atom is 0.213 e. The number of hydrogen-bond donors (Lipinski definition) is 1. The average molecular weight is 433 g/mol. The molecule has 3 aromatic heterocycles. The number of methoxy groups -OCH3 is 1. The molecule has 156 valence electrons. The zero-order chi connectivity index (χ0) is 22.1. The molecule has 9 heteroatoms. The fraction of sp³-hybridized carbons (Fsp3) is 0.227. The van der Waals surface area contributed by atoms with Gasteiger partial charge in [0.25, 0.3) is 0 Å². The first-order chi connectivity index (χ1) is 15.2. The molecule has 0 atom stereocenters. The van der Waals surface area contributed by atoms with Crippen LogP contribution in [0.1, 0.15) is 16.8 Å². The van der Waals surface area contributed by atoms with E-state index >= 15 is 0 Å². The molecule has 8 nitrogen and oxygen atoms in total. The average Bonchev–Trinajstić information content (AvgIpc) is 2.82. The minimum atomic E-state index is 0.288. The van der Waals surface area contributed by atoms with E-state index in [9.17, 15) is 10.5 Å². The highest BCUT2D eigenvalue weighted by Crippen LogP contribution is 2.37. The van der Waals surface area contributed by atoms with E-state index in [0.717, 1.165) is 5.69 Å². The molecular weight excluding hydrogens is 412 g/mol. The van der Waals surface area contributed by atoms with Crippen molar-refractivity contribution in [3.05, 3.63) is 59.5 Å². The van der Waals surface area contributed by atoms with Crippen LogP contribution in [-0.2, 0) is 10.5 Å². The molecule has 0 amide bonds. The van der Waals surface area contributed by atoms with E-state index in [-0.39, 0.29) is 5.56 Å². The molecule has 0 aliphatic heterocycles. The minimum absolute atomic E-state index is 0.288. The Morgan fingerprint density at radius 2 is 1.90 bits per heavy atom. The summed E-state index contributed by atoms with van der Waals surface area (Å²) in [6.45, 7) is 0.830. The van der Waals surface area contributed by atoms with Crippen LogP contribution in [0.15, 0.2) is 47.8 Å². The van der Waals surface area contributed by atoms with Gasteiger partial charge in [-0.25, -0.2) is 9.97 Å². The number of anilines is 1. The Hall–Kier alpha value is -3.66. The van der Waals surface area contributed by atoms with Crippen molar-refractivity contribution in [2.24, 2.45) is 0 Å². The Balaban J connectivity index is 2.01. The molecule has 0 saturated carbocycles. The van der Waals surface area contributed by atoms with E-state index in [4.69, 9.17) is 9.47 Å². The zero-order valence-corrected chi connectivity index (χ0v) is 17.9. The highest BCUT2D eigenvalue weighted by Gasteiger charge is 2.21. The summed E-state index contributed by atoms with van der Waals surface area (Å²) >= 11 is 1.39. The van der Waals surface area contributed by atoms with Gasteiger partial charge in [-0.1, -0.05) is 17.8 Å². The van der Waals surface area contributed by atoms with Crippen molar-refractivity contribution in [3.8, 4) is 29.1 Å². The van der Waals surface area contributed by atoms with Crippen molar-refractivity contribution in [2.45, 2.75) is 10.8 Å². The smallest absolute Gasteiger partial charge is 0.213 e. The third kappa shape index (κ3) is 5.28. The van der Waals surface area contributed by atoms with Gasteiger partial charge < -0.3 is 14.8 Å². The fourth-order valence-corrected chi connectivity index (χ4v) is 3.72. The van der Waals surface area contributed by atoms with Crippen LogP contribution in [-0.4, -0.2) is 42.3 Å². The number of pyridine rings is 3. The lowest BCUT2D eigenvalue weighted by Crippen LogP contribution is -2.06. The molecule has 1 N–H and O–H groups in total. The van der Waals surface area contributed by atoms with Crippen LogP contribution in [0, 0.1) is 22.7 Å². The molecule has 3 aromatic rings. The predicted molar refractivity (Wildman–Crippen MR) is 118 cm³/mol. The summed E-state index contributed by atoms with van der Waals surface area (Å²) in [6, 6.07) is 13.5. The SMILES string of the molecule is CNc1nc(SCc2ccccn2)c(C#N)c(-c2ccc(OCCOC)nc2)c1C#N. The largest absolute Gasteiger partial charge is 0.475 e. The Morgan fingerprint density at radius 3 is 2.52 bits per heavy atom. The van der Waals surface area contributed by atoms with Gasteiger partial charge in [-0.05, 0) is 18.2 Å². The molecule has 0 bridgehead atoms. The van der Waals surface area contributed by atoms with Gasteiger partial charge in [0.05, 0.1) is 17.9 Å². The van der Waals surface area contributed by atoms with Crippen LogP contribution in [0.2, 0.25) is 0 Å². The molecule has 0 saturated heterocycles. The van der Waals surface area contributed by atoms with Crippen molar-refractivity contribution in [1.82, 2.24) is 15.0 Å². The Bertz CT molecular complexity index is 1110. The summed E-state index contributed by atoms with van der Waals surface area (Å²) in [5.74, 6) is 1.38. The molecular formula is C22H20N6O2S. The van der Waals surface area contributed by atoms with Gasteiger partial charge in [0.1, 0.15) is 35.2 Å². The Labute approximate surface area is 184 Å². The second kappa shape index (κ2) is 10.9. The predicted octanol–water partition coefficient (Wildman–Crippen LogP) is 3.64. The summed E-state index contributed by atoms with van der Waals surface area (Å²) in [5, 5.41) is 23.2. The highest BCUT2D eigenvalue weighted by atomic mass is 32.2. The van der Waals surface area contributed by atoms with E-state index in [0.29, 0.717) is 52.4 Å². The quantitative estimate of drug-likeness (QED) is 0.399. The number of hydrogen-bond acceptors (Lipinski definition) is 9. The van der Waals surface area contributed by atoms with E-state index in [2.05, 4.69) is 32.4 Å². The summed E-state index contributed by atoms with van der Waals surface area (Å²) in [4.78, 5) is 13.1. The maximum absolute atomic E-state index is 9.93. The molecule has 0 fully saturated rings. The number of nitrogens with one attached hydrogen (secondary N) is 1. The molecule has 0 spiro atoms. The lowest BCUT2D eigenvalue weighted by molar-refractivity contribution is 0.144. The van der Waals surface area contributed by atoms with Crippen molar-refractivity contribution in [2.75, 3.05) is 32.7 Å². The highest BCUT2D eigenvalue weighted by molar-refractivity contribution is 7.98. The maximum atomic E-state index is 9.93. The normalized spacial score (nSPS) is 10.2. The molecule has 0 radical (unpaired) electrons. The third-order valence-electron chi connectivity index (χ3n) is 4.27. The van der Waals surface area contributed by atoms with E-state index in [1.54, 1.807) is 38.7 Å². The molecule has 0 unspecified atom stereocenters. The van der Waals surface area contributed by atoms with Crippen LogP contribution < -0.4 is 10.1 Å². The monoisotopic (exact) mass is 432 g/mol. The molecule has 31 heavy (non-hydrogen) atoms. The van der Waals surface area contributed by atoms with Gasteiger partial charge in [0.2, 0.25) is 5.88 Å². The molecule has 0 aliphatic carbocycles. The first kappa shape index (κ1) is 22.0. The van der Waals surface area contributed by atoms with Crippen LogP contribution in [0.5, 0.6) is 5.88 Å². The van der Waals surface area contributed by atoms with Gasteiger partial charge in [-0.3, -0.25) is 4.98 Å². The summed E-state index contributed by atoms with van der Waals surface area (Å²) in [7, 11) is 3.29. The fourth-order valence-electron chi connectivity index (χ4n) is 2.82. The van der Waals surface area contributed by atoms with E-state index < -0.39 is 0 Å². The summed E-state index contributed by atoms with van der Waals surface area (Å²) in [5.41, 5.74) is 2.60. The van der Waals surface area contributed by atoms with Crippen LogP contribution in [0.3, 0.4) is 0 Å². The number of nitriles is 2. The summed E-state index contributed by atoms with van der Waals surface area (Å²) in [6.07, 6.45) is 3.31. The van der Waals surface area contributed by atoms with E-state index in [1.165, 1.54) is 11.8 Å². The van der Waals surface area contributed by atoms with Crippen LogP contribution in [0.4, 0.5) is 5.82 Å². The number of aromatic nitrogens is 3. The number of thioether (sulfide) groups is 1. The number of ether oxygens (including phenoxy) is 2. The van der Waals surface area contributed by atoms with Crippen LogP contribution in [0.25, 0.3) is 11.1 Å². The van der Waals surface area contributed by atoms with Gasteiger partial charge in [-0.15, -0.1) is 0 Å². The second-order valence-corrected chi connectivity index (χ2v) is 7.16. The zero-order valence-electron chi connectivity index (χ0n) is 17.1. The number of rotatable bonds is 9. The lowest BCUT2D eigenvalue weighted by atomic mass is 9.98. The molecule has 0 aromatic carbocycles. The Kier molecular flexibility index (Phi) is 7.77. The molecule has 0 aliphatic rings. The second-order valence-electron chi connectivity index (χ2n) is 6.20. The van der Waals surface area contributed by atoms with Crippen molar-refractivity contribution in [3.63, 3.8) is 0 Å². The standard InChI is InChI=1S/C22H20N6O2S/c1-25-21-17(11-23)20(15-6-7-19(27-13-15)30-10-9-29-2)18(12-24)22(28-21)31-14-16-5-3-4-8-26-16/h3-8,13H,9-10,14H2,1-2H3,(H,25,28). The Morgan fingerprint density at radius 1 is 1.06 bits per heavy atom. The van der Waals surface area contributed by atoms with Crippen LogP contribution >= 0.6 is 11.8 Å². The van der Waals surface area contributed by atoms with Crippen molar-refractivity contribution >= 4 is 17.6 Å². The van der Waals surface area contributed by atoms with Gasteiger partial charge in [0.15, 0.2) is 0 Å². The van der Waals surface area contributed by atoms with Gasteiger partial charge in [0, 0.05) is 49.5 Å². The van der Waals surface area contributed by atoms with Crippen molar-refractivity contribution < 1.29 is 9.47 Å². The first-order valence-electron chi connectivity index (χ1n) is 9.38. The van der Waals surface area contributed by atoms with E-state index in [1.807, 2.05) is 18.2 Å². The van der Waals surface area contributed by atoms with Gasteiger partial charge in [-0.2, -0.15) is 10.5 Å². The minimum Gasteiger partial charge on any atom is -0.475 e. The lowest BCUT2D eigenvalue weighted by Gasteiger charge is -2.14. The summed E-state index contributed by atoms with van der Waals surface area (Å²) < 4.78 is 10.5. The molecule has 3 heterocycles. The third-order valence-corrected chi connectivity index (χ3v) is 5.28.